The molecule has 1 rings (SSSR count). The second kappa shape index (κ2) is 3.23. The smallest absolute Gasteiger partial charge is 0.143 e. The highest BCUT2D eigenvalue weighted by molar-refractivity contribution is 4.96. The summed E-state index contributed by atoms with van der Waals surface area (Å²) >= 11 is 0. The molecule has 0 amide bonds. The summed E-state index contributed by atoms with van der Waals surface area (Å²) in [6.45, 7) is 4.31. The van der Waals surface area contributed by atoms with Crippen molar-refractivity contribution in [3.05, 3.63) is 0 Å². The molecule has 0 aromatic rings. The Balaban J connectivity index is 2.44. The average molecular weight is 153 g/mol. The van der Waals surface area contributed by atoms with E-state index < -0.39 is 6.10 Å². The molecule has 2 nitrogen and oxygen atoms in total. The molecule has 3 atom stereocenters. The van der Waals surface area contributed by atoms with Crippen LogP contribution in [0.5, 0.6) is 0 Å². The lowest BCUT2D eigenvalue weighted by molar-refractivity contribution is 0.0228. The summed E-state index contributed by atoms with van der Waals surface area (Å²) in [5.74, 6) is 1.43. The Bertz CT molecular complexity index is 171. The van der Waals surface area contributed by atoms with Crippen molar-refractivity contribution in [1.82, 2.24) is 0 Å². The summed E-state index contributed by atoms with van der Waals surface area (Å²) in [6.07, 6.45) is 1.48. The maximum Gasteiger partial charge on any atom is 0.143 e. The van der Waals surface area contributed by atoms with Gasteiger partial charge in [-0.25, -0.2) is 0 Å². The van der Waals surface area contributed by atoms with E-state index in [9.17, 15) is 5.11 Å². The van der Waals surface area contributed by atoms with Crippen LogP contribution in [0.3, 0.4) is 0 Å². The third-order valence-corrected chi connectivity index (χ3v) is 2.78. The van der Waals surface area contributed by atoms with Crippen LogP contribution < -0.4 is 0 Å². The van der Waals surface area contributed by atoms with Crippen LogP contribution in [0.25, 0.3) is 0 Å². The van der Waals surface area contributed by atoms with Gasteiger partial charge in [0, 0.05) is 5.92 Å². The minimum Gasteiger partial charge on any atom is -0.378 e. The van der Waals surface area contributed by atoms with Crippen molar-refractivity contribution >= 4 is 0 Å². The Hall–Kier alpha value is -0.550. The molecule has 1 aliphatic carbocycles. The molecule has 1 aliphatic rings. The molecule has 0 aromatic carbocycles. The van der Waals surface area contributed by atoms with Crippen molar-refractivity contribution in [2.45, 2.75) is 32.8 Å². The van der Waals surface area contributed by atoms with E-state index in [0.717, 1.165) is 6.42 Å². The van der Waals surface area contributed by atoms with Gasteiger partial charge in [0.2, 0.25) is 0 Å². The van der Waals surface area contributed by atoms with Gasteiger partial charge in [-0.05, 0) is 24.7 Å². The molecule has 62 valence electrons. The maximum atomic E-state index is 9.24. The minimum atomic E-state index is -0.726. The summed E-state index contributed by atoms with van der Waals surface area (Å²) in [7, 11) is 0. The van der Waals surface area contributed by atoms with Crippen LogP contribution in [0.2, 0.25) is 0 Å². The molecule has 1 fully saturated rings. The molecule has 0 aliphatic heterocycles. The van der Waals surface area contributed by atoms with Gasteiger partial charge in [-0.2, -0.15) is 5.26 Å². The third-order valence-electron chi connectivity index (χ3n) is 2.78. The topological polar surface area (TPSA) is 44.0 Å². The van der Waals surface area contributed by atoms with Gasteiger partial charge in [0.15, 0.2) is 0 Å². The van der Waals surface area contributed by atoms with E-state index in [1.54, 1.807) is 0 Å². The van der Waals surface area contributed by atoms with E-state index in [0.29, 0.717) is 11.8 Å². The zero-order chi connectivity index (χ0) is 8.43. The van der Waals surface area contributed by atoms with Crippen molar-refractivity contribution in [2.75, 3.05) is 0 Å². The van der Waals surface area contributed by atoms with Crippen molar-refractivity contribution in [1.29, 1.82) is 5.26 Å². The van der Waals surface area contributed by atoms with Crippen LogP contribution in [0, 0.1) is 29.1 Å². The molecular weight excluding hydrogens is 138 g/mol. The number of nitriles is 1. The van der Waals surface area contributed by atoms with Crippen LogP contribution in [0.1, 0.15) is 26.7 Å². The zero-order valence-corrected chi connectivity index (χ0v) is 7.12. The molecule has 11 heavy (non-hydrogen) atoms. The quantitative estimate of drug-likeness (QED) is 0.612. The van der Waals surface area contributed by atoms with Gasteiger partial charge in [-0.3, -0.25) is 0 Å². The summed E-state index contributed by atoms with van der Waals surface area (Å²) in [4.78, 5) is 0. The van der Waals surface area contributed by atoms with E-state index in [-0.39, 0.29) is 5.92 Å². The molecule has 0 aromatic heterocycles. The highest BCUT2D eigenvalue weighted by Gasteiger charge is 2.37. The van der Waals surface area contributed by atoms with Crippen molar-refractivity contribution in [3.8, 4) is 6.07 Å². The van der Waals surface area contributed by atoms with Gasteiger partial charge in [0.25, 0.3) is 0 Å². The molecule has 1 saturated carbocycles. The third kappa shape index (κ3) is 1.54. The number of hydrogen-bond acceptors (Lipinski definition) is 2. The molecule has 3 unspecified atom stereocenters. The lowest BCUT2D eigenvalue weighted by atomic mass is 9.66. The first-order valence-electron chi connectivity index (χ1n) is 4.24. The molecule has 0 bridgehead atoms. The Morgan fingerprint density at radius 3 is 2.18 bits per heavy atom. The first kappa shape index (κ1) is 8.55. The second-order valence-electron chi connectivity index (χ2n) is 3.72. The Kier molecular flexibility index (Phi) is 2.51. The Labute approximate surface area is 67.8 Å². The molecule has 0 radical (unpaired) electrons. The standard InChI is InChI=1S/C9H15NO/c1-6(2)7-3-4-8(7)9(11)5-10/h6-9,11H,3-4H2,1-2H3. The maximum absolute atomic E-state index is 9.24. The van der Waals surface area contributed by atoms with E-state index in [1.165, 1.54) is 6.42 Å². The van der Waals surface area contributed by atoms with E-state index in [4.69, 9.17) is 5.26 Å². The first-order valence-corrected chi connectivity index (χ1v) is 4.24. The zero-order valence-electron chi connectivity index (χ0n) is 7.12. The highest BCUT2D eigenvalue weighted by atomic mass is 16.3. The second-order valence-corrected chi connectivity index (χ2v) is 3.72. The normalized spacial score (nSPS) is 32.6. The number of aliphatic hydroxyl groups excluding tert-OH is 1. The van der Waals surface area contributed by atoms with E-state index >= 15 is 0 Å². The lowest BCUT2D eigenvalue weighted by Crippen LogP contribution is -2.38. The number of nitrogens with zero attached hydrogens (tertiary/aromatic N) is 1. The molecule has 0 heterocycles. The van der Waals surface area contributed by atoms with Crippen molar-refractivity contribution < 1.29 is 5.11 Å². The average Bonchev–Trinajstić information content (AvgIpc) is 1.83. The Morgan fingerprint density at radius 2 is 1.91 bits per heavy atom. The van der Waals surface area contributed by atoms with Crippen molar-refractivity contribution in [3.63, 3.8) is 0 Å². The van der Waals surface area contributed by atoms with Crippen LogP contribution >= 0.6 is 0 Å². The lowest BCUT2D eigenvalue weighted by Gasteiger charge is -2.40. The van der Waals surface area contributed by atoms with Gasteiger partial charge in [-0.1, -0.05) is 13.8 Å². The van der Waals surface area contributed by atoms with Gasteiger partial charge in [-0.15, -0.1) is 0 Å². The van der Waals surface area contributed by atoms with Gasteiger partial charge < -0.3 is 5.11 Å². The van der Waals surface area contributed by atoms with Crippen LogP contribution in [0.4, 0.5) is 0 Å². The van der Waals surface area contributed by atoms with Gasteiger partial charge in [0.1, 0.15) is 6.10 Å². The minimum absolute atomic E-state index is 0.250. The largest absolute Gasteiger partial charge is 0.378 e. The van der Waals surface area contributed by atoms with Gasteiger partial charge in [0.05, 0.1) is 6.07 Å². The highest BCUT2D eigenvalue weighted by Crippen LogP contribution is 2.41. The van der Waals surface area contributed by atoms with E-state index in [2.05, 4.69) is 13.8 Å². The number of rotatable bonds is 2. The fourth-order valence-electron chi connectivity index (χ4n) is 1.87. The SMILES string of the molecule is CC(C)C1CCC1C(O)C#N. The summed E-state index contributed by atoms with van der Waals surface area (Å²) in [5.41, 5.74) is 0. The van der Waals surface area contributed by atoms with Gasteiger partial charge >= 0.3 is 0 Å². The molecule has 0 saturated heterocycles. The summed E-state index contributed by atoms with van der Waals surface area (Å²) < 4.78 is 0. The number of hydrogen-bond donors (Lipinski definition) is 1. The monoisotopic (exact) mass is 153 g/mol. The predicted molar refractivity (Wildman–Crippen MR) is 42.7 cm³/mol. The summed E-state index contributed by atoms with van der Waals surface area (Å²) in [6, 6.07) is 1.91. The first-order chi connectivity index (χ1) is 5.16. The van der Waals surface area contributed by atoms with Crippen LogP contribution in [-0.4, -0.2) is 11.2 Å². The molecule has 1 N–H and O–H groups in total. The van der Waals surface area contributed by atoms with Crippen molar-refractivity contribution in [2.24, 2.45) is 17.8 Å². The van der Waals surface area contributed by atoms with Crippen LogP contribution in [0.15, 0.2) is 0 Å². The number of aliphatic hydroxyl groups is 1. The van der Waals surface area contributed by atoms with Crippen LogP contribution in [-0.2, 0) is 0 Å². The van der Waals surface area contributed by atoms with E-state index in [1.807, 2.05) is 6.07 Å². The molecular formula is C9H15NO. The predicted octanol–water partition coefficient (Wildman–Crippen LogP) is 1.55. The molecule has 0 spiro atoms. The summed E-state index contributed by atoms with van der Waals surface area (Å²) in [5, 5.41) is 17.7. The fraction of sp³-hybridized carbons (Fsp3) is 0.889. The molecule has 2 heteroatoms. The Morgan fingerprint density at radius 1 is 1.36 bits per heavy atom. The fourth-order valence-corrected chi connectivity index (χ4v) is 1.87.